The van der Waals surface area contributed by atoms with Gasteiger partial charge in [-0.2, -0.15) is 0 Å². The topological polar surface area (TPSA) is 83.2 Å². The van der Waals surface area contributed by atoms with Gasteiger partial charge in [0.15, 0.2) is 5.82 Å². The molecule has 0 spiro atoms. The molecule has 1 aromatic carbocycles. The van der Waals surface area contributed by atoms with Gasteiger partial charge in [0.05, 0.1) is 48.8 Å². The molecular weight excluding hydrogens is 542 g/mol. The molecule has 0 unspecified atom stereocenters. The highest BCUT2D eigenvalue weighted by atomic mass is 19.3. The smallest absolute Gasteiger partial charge is 0.338 e. The van der Waals surface area contributed by atoms with Gasteiger partial charge < -0.3 is 23.9 Å². The molecule has 0 bridgehead atoms. The van der Waals surface area contributed by atoms with Gasteiger partial charge in [-0.05, 0) is 51.1 Å². The summed E-state index contributed by atoms with van der Waals surface area (Å²) >= 11 is 0. The number of halogens is 4. The number of hydrogen-bond donors (Lipinski definition) is 1. The summed E-state index contributed by atoms with van der Waals surface area (Å²) in [5, 5.41) is 3.27. The molecule has 0 aliphatic carbocycles. The molecule has 0 saturated carbocycles. The van der Waals surface area contributed by atoms with Gasteiger partial charge in [-0.3, -0.25) is 0 Å². The number of nitrogens with zero attached hydrogens (tertiary/aromatic N) is 4. The summed E-state index contributed by atoms with van der Waals surface area (Å²) in [6.45, 7) is 7.35. The van der Waals surface area contributed by atoms with Crippen LogP contribution in [0.1, 0.15) is 49.3 Å². The van der Waals surface area contributed by atoms with E-state index in [4.69, 9.17) is 14.5 Å². The first-order chi connectivity index (χ1) is 19.3. The van der Waals surface area contributed by atoms with Crippen molar-refractivity contribution in [1.29, 1.82) is 0 Å². The van der Waals surface area contributed by atoms with Crippen LogP contribution in [0.15, 0.2) is 43.0 Å². The maximum atomic E-state index is 15.0. The fourth-order valence-corrected chi connectivity index (χ4v) is 4.70. The van der Waals surface area contributed by atoms with Gasteiger partial charge >= 0.3 is 5.97 Å². The largest absolute Gasteiger partial charge is 0.494 e. The molecule has 0 fully saturated rings. The number of nitrogens with one attached hydrogen (secondary N) is 1. The molecule has 12 heteroatoms. The Morgan fingerprint density at radius 3 is 2.54 bits per heavy atom. The maximum Gasteiger partial charge on any atom is 0.338 e. The van der Waals surface area contributed by atoms with E-state index in [2.05, 4.69) is 16.9 Å². The SMILES string of the molecule is C=CCC(F)(F)Cn1c(-c2nc3cc(C(=O)OC(C)C)cc(OC)c3n2C)cc2ccc([C@@H](C)NCC(F)F)nc21. The zero-order chi connectivity index (χ0) is 30.1. The lowest BCUT2D eigenvalue weighted by Crippen LogP contribution is -2.26. The molecule has 0 radical (unpaired) electrons. The Hall–Kier alpha value is -3.93. The fourth-order valence-electron chi connectivity index (χ4n) is 4.70. The highest BCUT2D eigenvalue weighted by Crippen LogP contribution is 2.36. The summed E-state index contributed by atoms with van der Waals surface area (Å²) in [4.78, 5) is 21.9. The second-order valence-electron chi connectivity index (χ2n) is 10.1. The van der Waals surface area contributed by atoms with Crippen LogP contribution >= 0.6 is 0 Å². The van der Waals surface area contributed by atoms with Crippen LogP contribution in [0.3, 0.4) is 0 Å². The molecule has 0 saturated heterocycles. The molecule has 0 aliphatic heterocycles. The molecule has 41 heavy (non-hydrogen) atoms. The number of esters is 1. The van der Waals surface area contributed by atoms with Gasteiger partial charge in [0.25, 0.3) is 12.3 Å². The van der Waals surface area contributed by atoms with Crippen LogP contribution in [0, 0.1) is 0 Å². The van der Waals surface area contributed by atoms with E-state index in [9.17, 15) is 13.6 Å². The number of carbonyl (C=O) groups excluding carboxylic acids is 1. The van der Waals surface area contributed by atoms with E-state index in [0.717, 1.165) is 6.08 Å². The number of fused-ring (bicyclic) bond motifs is 2. The van der Waals surface area contributed by atoms with Crippen molar-refractivity contribution >= 4 is 28.0 Å². The Bertz CT molecular complexity index is 1580. The minimum absolute atomic E-state index is 0.238. The number of aromatic nitrogens is 4. The second-order valence-corrected chi connectivity index (χ2v) is 10.1. The Morgan fingerprint density at radius 1 is 1.17 bits per heavy atom. The van der Waals surface area contributed by atoms with Crippen LogP contribution in [0.25, 0.3) is 33.6 Å². The van der Waals surface area contributed by atoms with Gasteiger partial charge in [-0.25, -0.2) is 32.3 Å². The van der Waals surface area contributed by atoms with Gasteiger partial charge in [0.1, 0.15) is 16.9 Å². The van der Waals surface area contributed by atoms with E-state index in [-0.39, 0.29) is 17.3 Å². The number of hydrogen-bond acceptors (Lipinski definition) is 6. The van der Waals surface area contributed by atoms with E-state index in [1.54, 1.807) is 62.7 Å². The molecular formula is C29H33F4N5O3. The van der Waals surface area contributed by atoms with E-state index >= 15 is 8.78 Å². The molecule has 0 aliphatic rings. The van der Waals surface area contributed by atoms with Crippen molar-refractivity contribution in [2.24, 2.45) is 7.05 Å². The van der Waals surface area contributed by atoms with Crippen molar-refractivity contribution < 1.29 is 31.8 Å². The van der Waals surface area contributed by atoms with Crippen molar-refractivity contribution in [1.82, 2.24) is 24.4 Å². The zero-order valence-electron chi connectivity index (χ0n) is 23.6. The van der Waals surface area contributed by atoms with Crippen molar-refractivity contribution in [2.45, 2.75) is 58.2 Å². The van der Waals surface area contributed by atoms with Crippen LogP contribution in [0.2, 0.25) is 0 Å². The summed E-state index contributed by atoms with van der Waals surface area (Å²) in [6.07, 6.45) is -2.28. The van der Waals surface area contributed by atoms with Crippen molar-refractivity contribution in [3.05, 3.63) is 54.2 Å². The summed E-state index contributed by atoms with van der Waals surface area (Å²) in [5.41, 5.74) is 2.24. The highest BCUT2D eigenvalue weighted by Gasteiger charge is 2.31. The minimum atomic E-state index is -3.16. The normalized spacial score (nSPS) is 13.0. The molecule has 3 heterocycles. The number of pyridine rings is 1. The Kier molecular flexibility index (Phi) is 8.71. The van der Waals surface area contributed by atoms with Crippen LogP contribution in [0.4, 0.5) is 17.6 Å². The first kappa shape index (κ1) is 30.0. The predicted molar refractivity (Wildman–Crippen MR) is 149 cm³/mol. The summed E-state index contributed by atoms with van der Waals surface area (Å²) in [5.74, 6) is -3.00. The van der Waals surface area contributed by atoms with Crippen LogP contribution in [-0.2, 0) is 18.3 Å². The van der Waals surface area contributed by atoms with Gasteiger partial charge in [0.2, 0.25) is 0 Å². The lowest BCUT2D eigenvalue weighted by atomic mass is 10.2. The number of aryl methyl sites for hydroxylation is 1. The Balaban J connectivity index is 1.91. The Labute approximate surface area is 235 Å². The molecule has 0 amide bonds. The van der Waals surface area contributed by atoms with Crippen molar-refractivity contribution in [2.75, 3.05) is 13.7 Å². The number of allylic oxidation sites excluding steroid dienone is 1. The van der Waals surface area contributed by atoms with E-state index in [1.807, 2.05) is 0 Å². The first-order valence-corrected chi connectivity index (χ1v) is 13.1. The van der Waals surface area contributed by atoms with Gasteiger partial charge in [-0.1, -0.05) is 6.08 Å². The third kappa shape index (κ3) is 6.37. The molecule has 8 nitrogen and oxygen atoms in total. The van der Waals surface area contributed by atoms with E-state index in [1.165, 1.54) is 11.7 Å². The number of imidazole rings is 1. The number of carbonyl (C=O) groups is 1. The van der Waals surface area contributed by atoms with Crippen LogP contribution in [0.5, 0.6) is 5.75 Å². The standard InChI is InChI=1S/C29H33F4N5O3/c1-7-10-29(32,33)15-38-22(12-18-8-9-20(35-26(18)38)17(4)34-14-24(30)31)27-36-21-11-19(28(39)41-16(2)3)13-23(40-6)25(21)37(27)5/h7-9,11-13,16-17,24,34H,1,10,14-15H2,2-6H3/t17-/m1/s1. The van der Waals surface area contributed by atoms with Crippen molar-refractivity contribution in [3.8, 4) is 17.3 Å². The lowest BCUT2D eigenvalue weighted by Gasteiger charge is -2.19. The minimum Gasteiger partial charge on any atom is -0.494 e. The number of rotatable bonds is 12. The monoisotopic (exact) mass is 575 g/mol. The molecule has 1 atom stereocenters. The molecule has 4 rings (SSSR count). The van der Waals surface area contributed by atoms with Gasteiger partial charge in [-0.15, -0.1) is 6.58 Å². The molecule has 4 aromatic rings. The van der Waals surface area contributed by atoms with E-state index in [0.29, 0.717) is 39.4 Å². The number of benzene rings is 1. The lowest BCUT2D eigenvalue weighted by molar-refractivity contribution is -0.0117. The second kappa shape index (κ2) is 11.9. The Morgan fingerprint density at radius 2 is 1.90 bits per heavy atom. The fraction of sp³-hybridized carbons (Fsp3) is 0.414. The summed E-state index contributed by atoms with van der Waals surface area (Å²) in [7, 11) is 3.18. The number of alkyl halides is 4. The van der Waals surface area contributed by atoms with E-state index < -0.39 is 43.9 Å². The number of ether oxygens (including phenoxy) is 2. The number of methoxy groups -OCH3 is 1. The summed E-state index contributed by atoms with van der Waals surface area (Å²) in [6, 6.07) is 7.66. The van der Waals surface area contributed by atoms with Gasteiger partial charge in [0, 0.05) is 24.9 Å². The molecule has 3 aromatic heterocycles. The third-order valence-corrected chi connectivity index (χ3v) is 6.58. The van der Waals surface area contributed by atoms with Crippen molar-refractivity contribution in [3.63, 3.8) is 0 Å². The zero-order valence-corrected chi connectivity index (χ0v) is 23.6. The quantitative estimate of drug-likeness (QED) is 0.121. The average Bonchev–Trinajstić information content (AvgIpc) is 3.42. The third-order valence-electron chi connectivity index (χ3n) is 6.58. The molecule has 1 N–H and O–H groups in total. The van der Waals surface area contributed by atoms with Crippen LogP contribution in [-0.4, -0.2) is 57.2 Å². The first-order valence-electron chi connectivity index (χ1n) is 13.1. The summed E-state index contributed by atoms with van der Waals surface area (Å²) < 4.78 is 69.6. The van der Waals surface area contributed by atoms with Crippen LogP contribution < -0.4 is 10.1 Å². The maximum absolute atomic E-state index is 15.0. The predicted octanol–water partition coefficient (Wildman–Crippen LogP) is 6.29. The highest BCUT2D eigenvalue weighted by molar-refractivity contribution is 5.97. The molecule has 220 valence electrons. The average molecular weight is 576 g/mol.